The second kappa shape index (κ2) is 17.3. The standard InChI is InChI=1S/C70H45N5/c1-3-21-46(22-4-1)57-45-58(72-70(71-57)49-23-5-2-6-24-49)47-41-43-48(44-42-47)68-55(31-19-38-65(68)73-59-32-13-7-25-50(59)51-26-8-14-33-60(51)73)54-29-11-17-36-63(54)75-64-37-18-12-30-56(64)69-66(39-20-40-67(69)75)74-61-34-15-9-27-52(61)53-28-10-16-35-62(53)74/h1-45H. The number of nitrogens with zero attached hydrogens (tertiary/aromatic N) is 5. The Kier molecular flexibility index (Phi) is 9.82. The van der Waals surface area contributed by atoms with E-state index in [2.05, 4.69) is 262 Å². The maximum Gasteiger partial charge on any atom is 0.160 e. The Bertz CT molecular complexity index is 4530. The average molecular weight is 956 g/mol. The molecule has 5 nitrogen and oxygen atoms in total. The zero-order chi connectivity index (χ0) is 49.4. The molecule has 4 heterocycles. The summed E-state index contributed by atoms with van der Waals surface area (Å²) in [5.74, 6) is 0.693. The minimum Gasteiger partial charge on any atom is -0.309 e. The van der Waals surface area contributed by atoms with Gasteiger partial charge in [0.05, 0.1) is 61.6 Å². The van der Waals surface area contributed by atoms with E-state index in [1.54, 1.807) is 0 Å². The minimum atomic E-state index is 0.693. The lowest BCUT2D eigenvalue weighted by Crippen LogP contribution is -2.02. The van der Waals surface area contributed by atoms with Gasteiger partial charge in [0, 0.05) is 60.1 Å². The molecule has 0 atom stereocenters. The van der Waals surface area contributed by atoms with Crippen LogP contribution in [0, 0.1) is 0 Å². The molecule has 0 spiro atoms. The predicted octanol–water partition coefficient (Wildman–Crippen LogP) is 18.1. The summed E-state index contributed by atoms with van der Waals surface area (Å²) in [6.07, 6.45) is 0. The molecule has 15 rings (SSSR count). The number of para-hydroxylation sites is 6. The third kappa shape index (κ3) is 6.79. The second-order valence-corrected chi connectivity index (χ2v) is 19.3. The zero-order valence-corrected chi connectivity index (χ0v) is 40.7. The van der Waals surface area contributed by atoms with Crippen LogP contribution >= 0.6 is 0 Å². The van der Waals surface area contributed by atoms with Crippen LogP contribution in [-0.4, -0.2) is 23.7 Å². The van der Waals surface area contributed by atoms with Crippen LogP contribution in [0.2, 0.25) is 0 Å². The van der Waals surface area contributed by atoms with Crippen molar-refractivity contribution in [2.24, 2.45) is 0 Å². The smallest absolute Gasteiger partial charge is 0.160 e. The summed E-state index contributed by atoms with van der Waals surface area (Å²) in [5, 5.41) is 7.33. The van der Waals surface area contributed by atoms with E-state index in [1.807, 2.05) is 24.3 Å². The summed E-state index contributed by atoms with van der Waals surface area (Å²) in [5.41, 5.74) is 19.6. The van der Waals surface area contributed by atoms with E-state index >= 15 is 0 Å². The summed E-state index contributed by atoms with van der Waals surface area (Å²) in [6, 6.07) is 98.3. The van der Waals surface area contributed by atoms with Crippen molar-refractivity contribution in [1.82, 2.24) is 23.7 Å². The first kappa shape index (κ1) is 42.6. The van der Waals surface area contributed by atoms with Gasteiger partial charge in [-0.15, -0.1) is 0 Å². The van der Waals surface area contributed by atoms with Crippen LogP contribution in [0.1, 0.15) is 0 Å². The van der Waals surface area contributed by atoms with Crippen molar-refractivity contribution in [3.8, 4) is 73.2 Å². The average Bonchev–Trinajstić information content (AvgIpc) is 4.14. The molecule has 0 saturated carbocycles. The van der Waals surface area contributed by atoms with Crippen LogP contribution in [0.5, 0.6) is 0 Å². The number of hydrogen-bond acceptors (Lipinski definition) is 2. The van der Waals surface area contributed by atoms with E-state index in [4.69, 9.17) is 9.97 Å². The highest BCUT2D eigenvalue weighted by Crippen LogP contribution is 2.46. The molecule has 350 valence electrons. The molecule has 0 bridgehead atoms. The molecule has 0 N–H and O–H groups in total. The number of aromatic nitrogens is 5. The van der Waals surface area contributed by atoms with Gasteiger partial charge in [0.2, 0.25) is 0 Å². The second-order valence-electron chi connectivity index (χ2n) is 19.3. The summed E-state index contributed by atoms with van der Waals surface area (Å²) in [6.45, 7) is 0. The van der Waals surface area contributed by atoms with Gasteiger partial charge in [-0.05, 0) is 71.8 Å². The normalized spacial score (nSPS) is 11.7. The molecule has 0 aliphatic heterocycles. The molecule has 15 aromatic rings. The van der Waals surface area contributed by atoms with E-state index in [0.29, 0.717) is 5.82 Å². The quantitative estimate of drug-likeness (QED) is 0.152. The van der Waals surface area contributed by atoms with Gasteiger partial charge in [-0.25, -0.2) is 9.97 Å². The van der Waals surface area contributed by atoms with Crippen molar-refractivity contribution < 1.29 is 0 Å². The molecule has 4 aromatic heterocycles. The van der Waals surface area contributed by atoms with Crippen molar-refractivity contribution in [3.05, 3.63) is 273 Å². The van der Waals surface area contributed by atoms with Gasteiger partial charge in [0.15, 0.2) is 5.82 Å². The lowest BCUT2D eigenvalue weighted by molar-refractivity contribution is 1.16. The zero-order valence-electron chi connectivity index (χ0n) is 40.7. The van der Waals surface area contributed by atoms with Gasteiger partial charge in [-0.2, -0.15) is 0 Å². The maximum absolute atomic E-state index is 5.22. The van der Waals surface area contributed by atoms with Gasteiger partial charge < -0.3 is 13.7 Å². The minimum absolute atomic E-state index is 0.693. The Morgan fingerprint density at radius 2 is 0.613 bits per heavy atom. The van der Waals surface area contributed by atoms with Crippen LogP contribution in [0.4, 0.5) is 0 Å². The lowest BCUT2D eigenvalue weighted by atomic mass is 9.91. The van der Waals surface area contributed by atoms with Gasteiger partial charge in [0.1, 0.15) is 0 Å². The Morgan fingerprint density at radius 3 is 1.20 bits per heavy atom. The molecule has 0 radical (unpaired) electrons. The fourth-order valence-electron chi connectivity index (χ4n) is 11.8. The van der Waals surface area contributed by atoms with E-state index in [-0.39, 0.29) is 0 Å². The van der Waals surface area contributed by atoms with E-state index in [0.717, 1.165) is 89.5 Å². The molecule has 11 aromatic carbocycles. The molecular weight excluding hydrogens is 911 g/mol. The van der Waals surface area contributed by atoms with Crippen molar-refractivity contribution in [1.29, 1.82) is 0 Å². The van der Waals surface area contributed by atoms with Crippen molar-refractivity contribution in [3.63, 3.8) is 0 Å². The first-order chi connectivity index (χ1) is 37.2. The van der Waals surface area contributed by atoms with Gasteiger partial charge in [-0.1, -0.05) is 212 Å². The molecular formula is C70H45N5. The highest BCUT2D eigenvalue weighted by atomic mass is 15.0. The van der Waals surface area contributed by atoms with Crippen LogP contribution in [0.15, 0.2) is 273 Å². The Morgan fingerprint density at radius 1 is 0.240 bits per heavy atom. The highest BCUT2D eigenvalue weighted by Gasteiger charge is 2.24. The van der Waals surface area contributed by atoms with E-state index in [1.165, 1.54) is 43.4 Å². The highest BCUT2D eigenvalue weighted by molar-refractivity contribution is 6.17. The molecule has 0 fully saturated rings. The summed E-state index contributed by atoms with van der Waals surface area (Å²) in [4.78, 5) is 10.3. The van der Waals surface area contributed by atoms with Crippen LogP contribution in [-0.2, 0) is 0 Å². The van der Waals surface area contributed by atoms with Crippen molar-refractivity contribution in [2.75, 3.05) is 0 Å². The first-order valence-electron chi connectivity index (χ1n) is 25.6. The number of hydrogen-bond donors (Lipinski definition) is 0. The largest absolute Gasteiger partial charge is 0.309 e. The SMILES string of the molecule is c1ccc(-c2cc(-c3ccc(-c4c(-c5ccccc5-n5c6ccccc6c6c(-n7c8ccccc8c8ccccc87)cccc65)cccc4-n4c5ccccc5c5ccccc54)cc3)nc(-c3ccccc3)n2)cc1. The van der Waals surface area contributed by atoms with Crippen LogP contribution < -0.4 is 0 Å². The molecule has 0 unspecified atom stereocenters. The summed E-state index contributed by atoms with van der Waals surface area (Å²) >= 11 is 0. The Hall–Kier alpha value is -10.1. The van der Waals surface area contributed by atoms with Crippen LogP contribution in [0.25, 0.3) is 139 Å². The maximum atomic E-state index is 5.22. The van der Waals surface area contributed by atoms with Crippen molar-refractivity contribution >= 4 is 65.4 Å². The molecule has 0 aliphatic rings. The molecule has 0 amide bonds. The number of benzene rings is 11. The third-order valence-corrected chi connectivity index (χ3v) is 15.1. The summed E-state index contributed by atoms with van der Waals surface area (Å²) < 4.78 is 7.40. The van der Waals surface area contributed by atoms with E-state index < -0.39 is 0 Å². The first-order valence-corrected chi connectivity index (χ1v) is 25.6. The predicted molar refractivity (Wildman–Crippen MR) is 312 cm³/mol. The number of fused-ring (bicyclic) bond motifs is 9. The van der Waals surface area contributed by atoms with Gasteiger partial charge in [-0.3, -0.25) is 0 Å². The lowest BCUT2D eigenvalue weighted by Gasteiger charge is -2.21. The van der Waals surface area contributed by atoms with E-state index in [9.17, 15) is 0 Å². The summed E-state index contributed by atoms with van der Waals surface area (Å²) in [7, 11) is 0. The monoisotopic (exact) mass is 955 g/mol. The van der Waals surface area contributed by atoms with Gasteiger partial charge in [0.25, 0.3) is 0 Å². The fraction of sp³-hybridized carbons (Fsp3) is 0. The molecule has 75 heavy (non-hydrogen) atoms. The third-order valence-electron chi connectivity index (χ3n) is 15.1. The Labute approximate surface area is 433 Å². The fourth-order valence-corrected chi connectivity index (χ4v) is 11.8. The number of rotatable bonds is 8. The topological polar surface area (TPSA) is 40.6 Å². The molecule has 0 aliphatic carbocycles. The van der Waals surface area contributed by atoms with Gasteiger partial charge >= 0.3 is 0 Å². The van der Waals surface area contributed by atoms with Crippen LogP contribution in [0.3, 0.4) is 0 Å². The Balaban J connectivity index is 0.970. The molecule has 5 heteroatoms. The van der Waals surface area contributed by atoms with Crippen molar-refractivity contribution in [2.45, 2.75) is 0 Å². The molecule has 0 saturated heterocycles.